The van der Waals surface area contributed by atoms with Gasteiger partial charge in [-0.2, -0.15) is 0 Å². The van der Waals surface area contributed by atoms with Gasteiger partial charge in [0.2, 0.25) is 0 Å². The number of aromatic nitrogens is 1. The molecule has 2 bridgehead atoms. The van der Waals surface area contributed by atoms with Gasteiger partial charge in [0.05, 0.1) is 6.10 Å². The lowest BCUT2D eigenvalue weighted by molar-refractivity contribution is 0.118. The molecular weight excluding hydrogens is 366 g/mol. The van der Waals surface area contributed by atoms with E-state index in [2.05, 4.69) is 5.32 Å². The monoisotopic (exact) mass is 393 g/mol. The number of nitrogens with zero attached hydrogens (tertiary/aromatic N) is 2. The quantitative estimate of drug-likeness (QED) is 0.868. The number of hydrogen-bond donors (Lipinski definition) is 1. The fraction of sp³-hybridized carbons (Fsp3) is 0.478. The number of nitrogens with one attached hydrogen (secondary N) is 1. The molecule has 0 spiro atoms. The number of ether oxygens (including phenoxy) is 1. The number of para-hydroxylation sites is 1. The minimum atomic E-state index is -0.0372. The number of likely N-dealkylation sites (tertiary alicyclic amines) is 1. The number of urea groups is 1. The Morgan fingerprint density at radius 3 is 2.76 bits per heavy atom. The summed E-state index contributed by atoms with van der Waals surface area (Å²) < 4.78 is 7.96. The fourth-order valence-corrected chi connectivity index (χ4v) is 4.78. The molecule has 1 aromatic carbocycles. The van der Waals surface area contributed by atoms with Crippen molar-refractivity contribution in [2.45, 2.75) is 50.8 Å². The van der Waals surface area contributed by atoms with Crippen molar-refractivity contribution < 1.29 is 9.53 Å². The SMILES string of the molecule is O=C(NCc1ccccc1OC1CCC1)N1C[C@@H]2C[C@H](C1)c1cccc(=O)n1C2. The van der Waals surface area contributed by atoms with Crippen molar-refractivity contribution in [1.82, 2.24) is 14.8 Å². The molecule has 3 heterocycles. The summed E-state index contributed by atoms with van der Waals surface area (Å²) in [6.45, 7) is 2.52. The molecule has 6 nitrogen and oxygen atoms in total. The van der Waals surface area contributed by atoms with E-state index in [1.807, 2.05) is 45.9 Å². The fourth-order valence-electron chi connectivity index (χ4n) is 4.78. The normalized spacial score (nSPS) is 23.1. The number of amides is 2. The van der Waals surface area contributed by atoms with Crippen LogP contribution in [0.15, 0.2) is 47.3 Å². The van der Waals surface area contributed by atoms with Crippen LogP contribution < -0.4 is 15.6 Å². The Morgan fingerprint density at radius 2 is 1.93 bits per heavy atom. The molecule has 2 amide bonds. The van der Waals surface area contributed by atoms with Crippen LogP contribution in [0.3, 0.4) is 0 Å². The Kier molecular flexibility index (Phi) is 4.78. The first-order chi connectivity index (χ1) is 14.2. The van der Waals surface area contributed by atoms with Crippen LogP contribution in [0, 0.1) is 5.92 Å². The van der Waals surface area contributed by atoms with Crippen molar-refractivity contribution in [3.63, 3.8) is 0 Å². The Bertz CT molecular complexity index is 966. The summed E-state index contributed by atoms with van der Waals surface area (Å²) in [7, 11) is 0. The van der Waals surface area contributed by atoms with Crippen molar-refractivity contribution in [1.29, 1.82) is 0 Å². The molecule has 2 aromatic rings. The largest absolute Gasteiger partial charge is 0.490 e. The number of pyridine rings is 1. The molecule has 1 aliphatic carbocycles. The maximum absolute atomic E-state index is 12.9. The number of piperidine rings is 1. The first-order valence-corrected chi connectivity index (χ1v) is 10.6. The van der Waals surface area contributed by atoms with Crippen molar-refractivity contribution in [3.05, 3.63) is 64.1 Å². The van der Waals surface area contributed by atoms with Crippen molar-refractivity contribution in [3.8, 4) is 5.75 Å². The maximum Gasteiger partial charge on any atom is 0.317 e. The third-order valence-electron chi connectivity index (χ3n) is 6.52. The summed E-state index contributed by atoms with van der Waals surface area (Å²) in [5.74, 6) is 1.44. The highest BCUT2D eigenvalue weighted by molar-refractivity contribution is 5.74. The molecule has 1 N–H and O–H groups in total. The number of hydrogen-bond acceptors (Lipinski definition) is 3. The minimum Gasteiger partial charge on any atom is -0.490 e. The Labute approximate surface area is 170 Å². The van der Waals surface area contributed by atoms with E-state index < -0.39 is 0 Å². The van der Waals surface area contributed by atoms with Gasteiger partial charge >= 0.3 is 6.03 Å². The topological polar surface area (TPSA) is 63.6 Å². The standard InChI is InChI=1S/C23H27N3O3/c27-22-10-4-8-20-18-11-16(14-26(20)22)13-25(15-18)23(28)24-12-17-5-1-2-9-21(17)29-19-6-3-7-19/h1-2,4-5,8-10,16,18-19H,3,6-7,11-15H2,(H,24,28)/t16-,18+/m0/s1. The first kappa shape index (κ1) is 18.3. The lowest BCUT2D eigenvalue weighted by atomic mass is 9.83. The molecule has 5 rings (SSSR count). The van der Waals surface area contributed by atoms with Gasteiger partial charge in [-0.25, -0.2) is 4.79 Å². The van der Waals surface area contributed by atoms with Crippen LogP contribution in [-0.2, 0) is 13.1 Å². The van der Waals surface area contributed by atoms with Gasteiger partial charge in [0, 0.05) is 49.4 Å². The van der Waals surface area contributed by atoms with Crippen LogP contribution in [0.25, 0.3) is 0 Å². The molecule has 1 saturated carbocycles. The zero-order valence-electron chi connectivity index (χ0n) is 16.5. The summed E-state index contributed by atoms with van der Waals surface area (Å²) in [4.78, 5) is 27.0. The Morgan fingerprint density at radius 1 is 1.07 bits per heavy atom. The smallest absolute Gasteiger partial charge is 0.317 e. The average Bonchev–Trinajstić information content (AvgIpc) is 2.70. The van der Waals surface area contributed by atoms with Gasteiger partial charge in [0.1, 0.15) is 5.75 Å². The summed E-state index contributed by atoms with van der Waals surface area (Å²) in [5.41, 5.74) is 2.14. The number of benzene rings is 1. The highest BCUT2D eigenvalue weighted by Gasteiger charge is 2.36. The van der Waals surface area contributed by atoms with E-state index in [1.165, 1.54) is 6.42 Å². The van der Waals surface area contributed by atoms with Gasteiger partial charge in [0.15, 0.2) is 0 Å². The molecule has 6 heteroatoms. The van der Waals surface area contributed by atoms with Gasteiger partial charge in [-0.05, 0) is 43.7 Å². The van der Waals surface area contributed by atoms with Gasteiger partial charge < -0.3 is 19.5 Å². The third-order valence-corrected chi connectivity index (χ3v) is 6.52. The van der Waals surface area contributed by atoms with E-state index in [0.29, 0.717) is 38.2 Å². The van der Waals surface area contributed by atoms with Crippen molar-refractivity contribution >= 4 is 6.03 Å². The van der Waals surface area contributed by atoms with Gasteiger partial charge in [-0.3, -0.25) is 4.79 Å². The molecule has 152 valence electrons. The zero-order chi connectivity index (χ0) is 19.8. The van der Waals surface area contributed by atoms with Gasteiger partial charge in [-0.1, -0.05) is 24.3 Å². The number of rotatable bonds is 4. The molecule has 1 aromatic heterocycles. The summed E-state index contributed by atoms with van der Waals surface area (Å²) in [6.07, 6.45) is 4.82. The van der Waals surface area contributed by atoms with Crippen molar-refractivity contribution in [2.75, 3.05) is 13.1 Å². The minimum absolute atomic E-state index is 0.0372. The van der Waals surface area contributed by atoms with E-state index >= 15 is 0 Å². The molecule has 0 unspecified atom stereocenters. The second kappa shape index (κ2) is 7.58. The van der Waals surface area contributed by atoms with Crippen LogP contribution in [0.2, 0.25) is 0 Å². The molecule has 2 aliphatic heterocycles. The second-order valence-electron chi connectivity index (χ2n) is 8.54. The molecular formula is C23H27N3O3. The predicted octanol–water partition coefficient (Wildman–Crippen LogP) is 3.11. The van der Waals surface area contributed by atoms with Crippen LogP contribution in [-0.4, -0.2) is 34.7 Å². The molecule has 2 atom stereocenters. The number of carbonyl (C=O) groups excluding carboxylic acids is 1. The average molecular weight is 393 g/mol. The summed E-state index contributed by atoms with van der Waals surface area (Å²) in [6, 6.07) is 13.4. The zero-order valence-corrected chi connectivity index (χ0v) is 16.5. The van der Waals surface area contributed by atoms with E-state index in [4.69, 9.17) is 4.74 Å². The number of fused-ring (bicyclic) bond motifs is 4. The van der Waals surface area contributed by atoms with E-state index in [1.54, 1.807) is 6.07 Å². The molecule has 2 fully saturated rings. The van der Waals surface area contributed by atoms with E-state index in [-0.39, 0.29) is 17.5 Å². The highest BCUT2D eigenvalue weighted by Crippen LogP contribution is 2.35. The lowest BCUT2D eigenvalue weighted by Crippen LogP contribution is -2.51. The van der Waals surface area contributed by atoms with Crippen LogP contribution >= 0.6 is 0 Å². The maximum atomic E-state index is 12.9. The van der Waals surface area contributed by atoms with E-state index in [9.17, 15) is 9.59 Å². The lowest BCUT2D eigenvalue weighted by Gasteiger charge is -2.42. The summed E-state index contributed by atoms with van der Waals surface area (Å²) >= 11 is 0. The predicted molar refractivity (Wildman–Crippen MR) is 110 cm³/mol. The van der Waals surface area contributed by atoms with Crippen LogP contribution in [0.4, 0.5) is 4.79 Å². The first-order valence-electron chi connectivity index (χ1n) is 10.6. The van der Waals surface area contributed by atoms with Crippen LogP contribution in [0.5, 0.6) is 5.75 Å². The van der Waals surface area contributed by atoms with Crippen molar-refractivity contribution in [2.24, 2.45) is 5.92 Å². The van der Waals surface area contributed by atoms with E-state index in [0.717, 1.165) is 36.3 Å². The highest BCUT2D eigenvalue weighted by atomic mass is 16.5. The third kappa shape index (κ3) is 3.63. The Balaban J connectivity index is 1.24. The number of carbonyl (C=O) groups is 1. The van der Waals surface area contributed by atoms with Crippen LogP contribution in [0.1, 0.15) is 42.9 Å². The molecule has 1 saturated heterocycles. The summed E-state index contributed by atoms with van der Waals surface area (Å²) in [5, 5.41) is 3.08. The molecule has 0 radical (unpaired) electrons. The van der Waals surface area contributed by atoms with Gasteiger partial charge in [-0.15, -0.1) is 0 Å². The molecule has 3 aliphatic rings. The van der Waals surface area contributed by atoms with Gasteiger partial charge in [0.25, 0.3) is 5.56 Å². The second-order valence-corrected chi connectivity index (χ2v) is 8.54. The Hall–Kier alpha value is -2.76. The molecule has 29 heavy (non-hydrogen) atoms.